The highest BCUT2D eigenvalue weighted by Crippen LogP contribution is 1.65. The van der Waals surface area contributed by atoms with E-state index in [1.807, 2.05) is 0 Å². The van der Waals surface area contributed by atoms with E-state index in [0.29, 0.717) is 13.2 Å². The van der Waals surface area contributed by atoms with E-state index in [-0.39, 0.29) is 0 Å². The SMILES string of the molecule is COCCOC.[CH2]C. The summed E-state index contributed by atoms with van der Waals surface area (Å²) in [5.74, 6) is 0. The molecular weight excluding hydrogens is 104 g/mol. The summed E-state index contributed by atoms with van der Waals surface area (Å²) in [7, 11) is 3.30. The highest BCUT2D eigenvalue weighted by Gasteiger charge is 1.73. The molecule has 0 N–H and O–H groups in total. The van der Waals surface area contributed by atoms with Gasteiger partial charge in [-0.25, -0.2) is 0 Å². The van der Waals surface area contributed by atoms with E-state index in [0.717, 1.165) is 0 Å². The first kappa shape index (κ1) is 10.8. The predicted molar refractivity (Wildman–Crippen MR) is 34.8 cm³/mol. The van der Waals surface area contributed by atoms with Gasteiger partial charge in [-0.15, -0.1) is 0 Å². The second kappa shape index (κ2) is 15.8. The van der Waals surface area contributed by atoms with Crippen LogP contribution in [0.5, 0.6) is 0 Å². The first-order chi connectivity index (χ1) is 3.91. The molecule has 0 heterocycles. The summed E-state index contributed by atoms with van der Waals surface area (Å²) >= 11 is 0. The topological polar surface area (TPSA) is 18.5 Å². The zero-order chi connectivity index (χ0) is 6.83. The monoisotopic (exact) mass is 119 g/mol. The quantitative estimate of drug-likeness (QED) is 0.518. The summed E-state index contributed by atoms with van der Waals surface area (Å²) in [5, 5.41) is 0. The zero-order valence-electron chi connectivity index (χ0n) is 5.94. The van der Waals surface area contributed by atoms with E-state index >= 15 is 0 Å². The van der Waals surface area contributed by atoms with Gasteiger partial charge in [0.25, 0.3) is 0 Å². The number of ether oxygens (including phenoxy) is 2. The van der Waals surface area contributed by atoms with Gasteiger partial charge < -0.3 is 9.47 Å². The predicted octanol–water partition coefficient (Wildman–Crippen LogP) is 1.12. The summed E-state index contributed by atoms with van der Waals surface area (Å²) in [6.45, 7) is 6.38. The van der Waals surface area contributed by atoms with Gasteiger partial charge >= 0.3 is 0 Å². The molecule has 0 aromatic heterocycles. The number of rotatable bonds is 3. The van der Waals surface area contributed by atoms with Crippen LogP contribution in [0.15, 0.2) is 0 Å². The maximum atomic E-state index is 4.66. The lowest BCUT2D eigenvalue weighted by Gasteiger charge is -1.91. The Morgan fingerprint density at radius 2 is 1.25 bits per heavy atom. The number of hydrogen-bond donors (Lipinski definition) is 0. The Balaban J connectivity index is 0. The molecule has 0 spiro atoms. The molecule has 0 aromatic rings. The molecule has 0 fully saturated rings. The number of hydrogen-bond acceptors (Lipinski definition) is 2. The standard InChI is InChI=1S/C4H10O2.C2H5/c1-5-3-4-6-2;1-2/h3-4H2,1-2H3;1H2,2H3. The second-order valence-corrected chi connectivity index (χ2v) is 0.986. The van der Waals surface area contributed by atoms with E-state index in [1.54, 1.807) is 21.1 Å². The van der Waals surface area contributed by atoms with Gasteiger partial charge in [0.05, 0.1) is 13.2 Å². The summed E-state index contributed by atoms with van der Waals surface area (Å²) in [5.41, 5.74) is 0. The Morgan fingerprint density at radius 3 is 1.38 bits per heavy atom. The van der Waals surface area contributed by atoms with Gasteiger partial charge in [0.15, 0.2) is 0 Å². The fraction of sp³-hybridized carbons (Fsp3) is 0.833. The highest BCUT2D eigenvalue weighted by atomic mass is 16.5. The van der Waals surface area contributed by atoms with E-state index in [4.69, 9.17) is 0 Å². The average molecular weight is 119 g/mol. The Hall–Kier alpha value is -0.0800. The lowest BCUT2D eigenvalue weighted by atomic mass is 10.8. The van der Waals surface area contributed by atoms with Crippen molar-refractivity contribution >= 4 is 0 Å². The molecule has 0 aliphatic rings. The molecule has 0 aliphatic carbocycles. The van der Waals surface area contributed by atoms with Crippen LogP contribution in [0.1, 0.15) is 6.92 Å². The van der Waals surface area contributed by atoms with E-state index in [9.17, 15) is 0 Å². The van der Waals surface area contributed by atoms with Crippen molar-refractivity contribution in [3.05, 3.63) is 6.92 Å². The first-order valence-corrected chi connectivity index (χ1v) is 2.60. The van der Waals surface area contributed by atoms with Crippen LogP contribution in [0.4, 0.5) is 0 Å². The first-order valence-electron chi connectivity index (χ1n) is 2.60. The molecule has 0 saturated heterocycles. The van der Waals surface area contributed by atoms with Gasteiger partial charge in [0, 0.05) is 14.2 Å². The Bertz CT molecular complexity index is 18.5. The maximum Gasteiger partial charge on any atom is 0.0696 e. The molecule has 0 unspecified atom stereocenters. The normalized spacial score (nSPS) is 7.50. The second-order valence-electron chi connectivity index (χ2n) is 0.986. The van der Waals surface area contributed by atoms with Crippen LogP contribution in [-0.2, 0) is 9.47 Å². The minimum atomic E-state index is 0.691. The molecule has 0 aliphatic heterocycles. The molecular formula is C6H15O2. The fourth-order valence-electron chi connectivity index (χ4n) is 0.167. The van der Waals surface area contributed by atoms with Crippen LogP contribution in [0.2, 0.25) is 0 Å². The average Bonchev–Trinajstić information content (AvgIpc) is 1.88. The molecule has 0 aromatic carbocycles. The largest absolute Gasteiger partial charge is 0.382 e. The smallest absolute Gasteiger partial charge is 0.0696 e. The summed E-state index contributed by atoms with van der Waals surface area (Å²) in [6, 6.07) is 0. The molecule has 0 atom stereocenters. The van der Waals surface area contributed by atoms with Crippen molar-refractivity contribution in [2.75, 3.05) is 27.4 Å². The third kappa shape index (κ3) is 16.8. The van der Waals surface area contributed by atoms with Crippen LogP contribution in [-0.4, -0.2) is 27.4 Å². The lowest BCUT2D eigenvalue weighted by Crippen LogP contribution is -1.96. The van der Waals surface area contributed by atoms with Crippen molar-refractivity contribution in [1.29, 1.82) is 0 Å². The molecule has 0 bridgehead atoms. The third-order valence-corrected chi connectivity index (χ3v) is 0.492. The van der Waals surface area contributed by atoms with Crippen molar-refractivity contribution in [3.8, 4) is 0 Å². The van der Waals surface area contributed by atoms with Crippen LogP contribution in [0.3, 0.4) is 0 Å². The minimum absolute atomic E-state index is 0.691. The van der Waals surface area contributed by atoms with Gasteiger partial charge in [-0.05, 0) is 0 Å². The van der Waals surface area contributed by atoms with Crippen molar-refractivity contribution < 1.29 is 9.47 Å². The van der Waals surface area contributed by atoms with Crippen molar-refractivity contribution in [3.63, 3.8) is 0 Å². The van der Waals surface area contributed by atoms with Crippen molar-refractivity contribution in [2.45, 2.75) is 6.92 Å². The molecule has 0 rings (SSSR count). The van der Waals surface area contributed by atoms with Crippen LogP contribution in [0, 0.1) is 6.92 Å². The number of methoxy groups -OCH3 is 2. The maximum absolute atomic E-state index is 4.66. The Labute approximate surface area is 51.8 Å². The van der Waals surface area contributed by atoms with Gasteiger partial charge in [-0.2, -0.15) is 0 Å². The molecule has 2 nitrogen and oxygen atoms in total. The Kier molecular flexibility index (Phi) is 21.3. The van der Waals surface area contributed by atoms with Crippen LogP contribution in [0.25, 0.3) is 0 Å². The van der Waals surface area contributed by atoms with E-state index < -0.39 is 0 Å². The van der Waals surface area contributed by atoms with Gasteiger partial charge in [-0.3, -0.25) is 0 Å². The molecule has 2 heteroatoms. The third-order valence-electron chi connectivity index (χ3n) is 0.492. The van der Waals surface area contributed by atoms with Gasteiger partial charge in [0.2, 0.25) is 0 Å². The summed E-state index contributed by atoms with van der Waals surface area (Å²) in [6.07, 6.45) is 0. The van der Waals surface area contributed by atoms with Crippen LogP contribution >= 0.6 is 0 Å². The van der Waals surface area contributed by atoms with Gasteiger partial charge in [-0.1, -0.05) is 13.8 Å². The highest BCUT2D eigenvalue weighted by molar-refractivity contribution is 4.17. The van der Waals surface area contributed by atoms with Crippen molar-refractivity contribution in [2.24, 2.45) is 0 Å². The fourth-order valence-corrected chi connectivity index (χ4v) is 0.167. The zero-order valence-corrected chi connectivity index (χ0v) is 5.94. The minimum Gasteiger partial charge on any atom is -0.382 e. The molecule has 0 saturated carbocycles. The summed E-state index contributed by atoms with van der Waals surface area (Å²) < 4.78 is 9.31. The molecule has 8 heavy (non-hydrogen) atoms. The van der Waals surface area contributed by atoms with E-state index in [1.165, 1.54) is 0 Å². The Morgan fingerprint density at radius 1 is 1.00 bits per heavy atom. The lowest BCUT2D eigenvalue weighted by molar-refractivity contribution is 0.103. The van der Waals surface area contributed by atoms with Crippen molar-refractivity contribution in [1.82, 2.24) is 0 Å². The van der Waals surface area contributed by atoms with Crippen LogP contribution < -0.4 is 0 Å². The summed E-state index contributed by atoms with van der Waals surface area (Å²) in [4.78, 5) is 0. The van der Waals surface area contributed by atoms with Gasteiger partial charge in [0.1, 0.15) is 0 Å². The molecule has 1 radical (unpaired) electrons. The molecule has 51 valence electrons. The molecule has 0 amide bonds. The van der Waals surface area contributed by atoms with E-state index in [2.05, 4.69) is 16.4 Å².